The normalized spacial score (nSPS) is 23.3. The molecule has 0 aromatic carbocycles. The third-order valence-corrected chi connectivity index (χ3v) is 8.47. The minimum atomic E-state index is -5.18. The van der Waals surface area contributed by atoms with Crippen LogP contribution < -0.4 is 45.5 Å². The number of carbonyl (C=O) groups is 3. The fourth-order valence-electron chi connectivity index (χ4n) is 5.42. The maximum absolute atomic E-state index is 13.1. The minimum Gasteiger partial charge on any atom is -0.746 e. The first-order valence-electron chi connectivity index (χ1n) is 12.6. The smallest absolute Gasteiger partial charge is 0.746 e. The zero-order valence-corrected chi connectivity index (χ0v) is 25.0. The van der Waals surface area contributed by atoms with E-state index < -0.39 is 45.6 Å². The van der Waals surface area contributed by atoms with Crippen molar-refractivity contribution in [3.8, 4) is 6.19 Å². The predicted octanol–water partition coefficient (Wildman–Crippen LogP) is -3.27. The van der Waals surface area contributed by atoms with E-state index in [-0.39, 0.29) is 65.7 Å². The molecular formula is C23H36N5NaO8S. The molecule has 15 heteroatoms. The minimum absolute atomic E-state index is 0. The Labute approximate surface area is 245 Å². The Hall–Kier alpha value is -1.63. The van der Waals surface area contributed by atoms with Gasteiger partial charge in [-0.15, -0.1) is 0 Å². The number of rotatable bonds is 10. The van der Waals surface area contributed by atoms with Crippen LogP contribution in [0.4, 0.5) is 4.79 Å². The average Bonchev–Trinajstić information content (AvgIpc) is 3.20. The van der Waals surface area contributed by atoms with Crippen molar-refractivity contribution in [3.05, 3.63) is 0 Å². The van der Waals surface area contributed by atoms with Crippen LogP contribution in [0.2, 0.25) is 0 Å². The molecule has 2 heterocycles. The van der Waals surface area contributed by atoms with Crippen LogP contribution in [0, 0.1) is 28.7 Å². The summed E-state index contributed by atoms with van der Waals surface area (Å²) in [5.74, 6) is -1.85. The van der Waals surface area contributed by atoms with E-state index in [9.17, 15) is 32.5 Å². The van der Waals surface area contributed by atoms with Crippen LogP contribution in [-0.2, 0) is 24.4 Å². The number of likely N-dealkylation sites (tertiary alicyclic amines) is 1. The SMILES string of the molecule is CC(C)C[C@H](NC(=O)OC1CC2(CCN(C#N)CC2)C1)C(=O)N[C@@H](C[C@H]1CCNC1=O)C(O)S(=O)(=O)[O-].[Na+]. The summed E-state index contributed by atoms with van der Waals surface area (Å²) in [6.07, 6.45) is 4.43. The molecule has 0 radical (unpaired) electrons. The van der Waals surface area contributed by atoms with E-state index in [1.54, 1.807) is 4.90 Å². The number of aliphatic hydroxyl groups is 1. The Morgan fingerprint density at radius 3 is 2.42 bits per heavy atom. The number of nitrogens with zero attached hydrogens (tertiary/aromatic N) is 2. The van der Waals surface area contributed by atoms with Crippen LogP contribution in [0.3, 0.4) is 0 Å². The maximum Gasteiger partial charge on any atom is 1.00 e. The molecule has 3 aliphatic rings. The summed E-state index contributed by atoms with van der Waals surface area (Å²) >= 11 is 0. The Balaban J connectivity index is 0.00000507. The van der Waals surface area contributed by atoms with Gasteiger partial charge in [-0.1, -0.05) is 13.8 Å². The van der Waals surface area contributed by atoms with Gasteiger partial charge in [0.1, 0.15) is 22.3 Å². The second-order valence-electron chi connectivity index (χ2n) is 10.9. The van der Waals surface area contributed by atoms with Crippen molar-refractivity contribution in [3.63, 3.8) is 0 Å². The summed E-state index contributed by atoms with van der Waals surface area (Å²) in [4.78, 5) is 39.3. The van der Waals surface area contributed by atoms with Crippen molar-refractivity contribution in [2.75, 3.05) is 19.6 Å². The van der Waals surface area contributed by atoms with Crippen molar-refractivity contribution < 1.29 is 66.8 Å². The van der Waals surface area contributed by atoms with Crippen LogP contribution >= 0.6 is 0 Å². The number of aliphatic hydroxyl groups excluding tert-OH is 1. The Bertz CT molecular complexity index is 1000. The van der Waals surface area contributed by atoms with Gasteiger partial charge in [-0.05, 0) is 56.3 Å². The number of ether oxygens (including phenoxy) is 1. The van der Waals surface area contributed by atoms with Gasteiger partial charge >= 0.3 is 35.7 Å². The van der Waals surface area contributed by atoms with Crippen LogP contribution in [0.15, 0.2) is 0 Å². The molecule has 0 aromatic rings. The van der Waals surface area contributed by atoms with Crippen LogP contribution in [-0.4, -0.2) is 84.1 Å². The number of alkyl carbamates (subject to hydrolysis) is 1. The third kappa shape index (κ3) is 8.69. The van der Waals surface area contributed by atoms with Gasteiger partial charge in [0.25, 0.3) is 0 Å². The summed E-state index contributed by atoms with van der Waals surface area (Å²) in [6.45, 7) is 5.38. The molecule has 3 amide bonds. The number of piperidine rings is 1. The summed E-state index contributed by atoms with van der Waals surface area (Å²) in [6, 6.07) is -2.64. The number of nitriles is 1. The number of hydrogen-bond donors (Lipinski definition) is 4. The summed E-state index contributed by atoms with van der Waals surface area (Å²) in [7, 11) is -5.18. The molecule has 0 aromatic heterocycles. The molecule has 13 nitrogen and oxygen atoms in total. The van der Waals surface area contributed by atoms with Gasteiger partial charge in [-0.2, -0.15) is 5.26 Å². The molecule has 4 N–H and O–H groups in total. The molecule has 4 atom stereocenters. The molecule has 1 aliphatic carbocycles. The monoisotopic (exact) mass is 565 g/mol. The molecule has 3 rings (SSSR count). The van der Waals surface area contributed by atoms with Crippen molar-refractivity contribution >= 4 is 28.0 Å². The molecule has 0 bridgehead atoms. The van der Waals surface area contributed by atoms with E-state index in [2.05, 4.69) is 22.1 Å². The summed E-state index contributed by atoms with van der Waals surface area (Å²) < 4.78 is 40.0. The van der Waals surface area contributed by atoms with E-state index in [4.69, 9.17) is 10.00 Å². The fourth-order valence-corrected chi connectivity index (χ4v) is 6.00. The quantitative estimate of drug-likeness (QED) is 0.118. The first-order valence-corrected chi connectivity index (χ1v) is 14.1. The fraction of sp³-hybridized carbons (Fsp3) is 0.826. The van der Waals surface area contributed by atoms with E-state index in [0.717, 1.165) is 12.8 Å². The molecule has 1 spiro atoms. The Morgan fingerprint density at radius 1 is 1.29 bits per heavy atom. The first kappa shape index (κ1) is 32.6. The summed E-state index contributed by atoms with van der Waals surface area (Å²) in [5.41, 5.74) is -2.39. The molecule has 3 fully saturated rings. The van der Waals surface area contributed by atoms with Crippen LogP contribution in [0.25, 0.3) is 0 Å². The molecule has 2 aliphatic heterocycles. The molecule has 1 unspecified atom stereocenters. The number of carbonyl (C=O) groups excluding carboxylic acids is 3. The molecule has 2 saturated heterocycles. The Morgan fingerprint density at radius 2 is 1.92 bits per heavy atom. The summed E-state index contributed by atoms with van der Waals surface area (Å²) in [5, 5.41) is 26.6. The third-order valence-electron chi connectivity index (χ3n) is 7.55. The van der Waals surface area contributed by atoms with E-state index in [1.807, 2.05) is 13.8 Å². The van der Waals surface area contributed by atoms with Crippen LogP contribution in [0.1, 0.15) is 58.8 Å². The first-order chi connectivity index (χ1) is 17.3. The Kier molecular flexibility index (Phi) is 11.7. The van der Waals surface area contributed by atoms with Gasteiger partial charge in [-0.25, -0.2) is 13.2 Å². The van der Waals surface area contributed by atoms with Gasteiger partial charge in [0.15, 0.2) is 11.6 Å². The van der Waals surface area contributed by atoms with Crippen molar-refractivity contribution in [2.45, 2.75) is 82.4 Å². The average molecular weight is 566 g/mol. The molecule has 1 saturated carbocycles. The standard InChI is InChI=1S/C23H37N5O8S.Na/c1-14(2)9-17(27-22(32)36-16-11-23(12-16)4-7-28(13-24)8-5-23)20(30)26-18(21(31)37(33,34)35)10-15-3-6-25-19(15)29;/h14-18,21,31H,3-12H2,1-2H3,(H,25,29)(H,26,30)(H,27,32)(H,33,34,35);/q;+1/p-1/t15-,17+,18+,21?;/m1./s1. The second kappa shape index (κ2) is 13.6. The van der Waals surface area contributed by atoms with Gasteiger partial charge in [0.05, 0.1) is 6.04 Å². The zero-order chi connectivity index (χ0) is 27.4. The number of amides is 3. The number of nitrogens with one attached hydrogen (secondary N) is 3. The van der Waals surface area contributed by atoms with E-state index in [1.165, 1.54) is 0 Å². The molecule has 208 valence electrons. The van der Waals surface area contributed by atoms with Crippen molar-refractivity contribution in [2.24, 2.45) is 17.3 Å². The molecule has 38 heavy (non-hydrogen) atoms. The molecular weight excluding hydrogens is 529 g/mol. The zero-order valence-electron chi connectivity index (χ0n) is 22.1. The van der Waals surface area contributed by atoms with Gasteiger partial charge in [0.2, 0.25) is 11.8 Å². The maximum atomic E-state index is 13.1. The second-order valence-corrected chi connectivity index (χ2v) is 12.3. The largest absolute Gasteiger partial charge is 1.00 e. The predicted molar refractivity (Wildman–Crippen MR) is 128 cm³/mol. The van der Waals surface area contributed by atoms with Gasteiger partial charge in [0, 0.05) is 25.6 Å². The topological polar surface area (TPSA) is 201 Å². The van der Waals surface area contributed by atoms with Gasteiger partial charge in [-0.3, -0.25) is 9.59 Å². The van der Waals surface area contributed by atoms with Crippen molar-refractivity contribution in [1.82, 2.24) is 20.9 Å². The van der Waals surface area contributed by atoms with Crippen LogP contribution in [0.5, 0.6) is 0 Å². The van der Waals surface area contributed by atoms with E-state index >= 15 is 0 Å². The van der Waals surface area contributed by atoms with Crippen molar-refractivity contribution in [1.29, 1.82) is 5.26 Å². The van der Waals surface area contributed by atoms with E-state index in [0.29, 0.717) is 38.9 Å². The van der Waals surface area contributed by atoms with Gasteiger partial charge < -0.3 is 35.2 Å². The number of hydrogen-bond acceptors (Lipinski definition) is 10.